The van der Waals surface area contributed by atoms with Crippen LogP contribution in [0.25, 0.3) is 11.2 Å². The molecule has 1 aliphatic heterocycles. The topological polar surface area (TPSA) is 179 Å². The number of carbonyl (C=O) groups excluding carboxylic acids is 1. The number of nitrogens with zero attached hydrogens (tertiary/aromatic N) is 6. The number of carbonyl (C=O) groups is 1. The number of hydrogen-bond donors (Lipinski definition) is 4. The summed E-state index contributed by atoms with van der Waals surface area (Å²) in [4.78, 5) is 31.6. The molecule has 1 aliphatic rings. The summed E-state index contributed by atoms with van der Waals surface area (Å²) < 4.78 is 7.60. The smallest absolute Gasteiger partial charge is 0.240 e. The van der Waals surface area contributed by atoms with Crippen LogP contribution in [0.15, 0.2) is 37.2 Å². The molecular formula is C21H28N8O4. The first-order chi connectivity index (χ1) is 16.0. The van der Waals surface area contributed by atoms with Gasteiger partial charge < -0.3 is 31.3 Å². The van der Waals surface area contributed by atoms with Crippen molar-refractivity contribution in [3.63, 3.8) is 0 Å². The third kappa shape index (κ3) is 4.37. The Bertz CT molecular complexity index is 1090. The lowest BCUT2D eigenvalue weighted by Crippen LogP contribution is -2.54. The van der Waals surface area contributed by atoms with Crippen molar-refractivity contribution in [3.8, 4) is 0 Å². The second-order valence-electron chi connectivity index (χ2n) is 8.03. The Labute approximate surface area is 190 Å². The lowest BCUT2D eigenvalue weighted by molar-refractivity contribution is -0.140. The van der Waals surface area contributed by atoms with Gasteiger partial charge in [0.05, 0.1) is 19.0 Å². The molecule has 0 aliphatic carbocycles. The molecule has 3 aromatic heterocycles. The SMILES string of the molecule is CCCC(N)C(=O)N(Cc1cccnc1)C1[C@@H](O)[C@@H](CO)O[C@H]1n1cnc2c(N)ncnc21. The number of anilines is 1. The Kier molecular flexibility index (Phi) is 6.79. The van der Waals surface area contributed by atoms with Crippen LogP contribution in [-0.4, -0.2) is 76.4 Å². The summed E-state index contributed by atoms with van der Waals surface area (Å²) in [6.45, 7) is 1.65. The first-order valence-corrected chi connectivity index (χ1v) is 10.8. The molecular weight excluding hydrogens is 428 g/mol. The molecule has 3 aromatic rings. The fraction of sp³-hybridized carbons (Fsp3) is 0.476. The van der Waals surface area contributed by atoms with Gasteiger partial charge in [-0.1, -0.05) is 19.4 Å². The molecule has 12 heteroatoms. The third-order valence-corrected chi connectivity index (χ3v) is 5.81. The van der Waals surface area contributed by atoms with Crippen molar-refractivity contribution in [2.45, 2.75) is 56.8 Å². The zero-order valence-corrected chi connectivity index (χ0v) is 18.2. The van der Waals surface area contributed by atoms with Crippen LogP contribution in [0.1, 0.15) is 31.6 Å². The zero-order valence-electron chi connectivity index (χ0n) is 18.2. The predicted molar refractivity (Wildman–Crippen MR) is 118 cm³/mol. The lowest BCUT2D eigenvalue weighted by atomic mass is 10.0. The molecule has 1 amide bonds. The lowest BCUT2D eigenvalue weighted by Gasteiger charge is -2.35. The van der Waals surface area contributed by atoms with Gasteiger partial charge in [0.25, 0.3) is 0 Å². The summed E-state index contributed by atoms with van der Waals surface area (Å²) >= 11 is 0. The van der Waals surface area contributed by atoms with Crippen LogP contribution in [0.4, 0.5) is 5.82 Å². The number of aromatic nitrogens is 5. The van der Waals surface area contributed by atoms with E-state index in [4.69, 9.17) is 16.2 Å². The molecule has 6 N–H and O–H groups in total. The summed E-state index contributed by atoms with van der Waals surface area (Å²) in [6.07, 6.45) is 4.25. The van der Waals surface area contributed by atoms with Gasteiger partial charge in [-0.2, -0.15) is 0 Å². The number of nitrogens with two attached hydrogens (primary N) is 2. The van der Waals surface area contributed by atoms with E-state index >= 15 is 0 Å². The molecule has 33 heavy (non-hydrogen) atoms. The van der Waals surface area contributed by atoms with E-state index in [0.717, 1.165) is 12.0 Å². The molecule has 0 spiro atoms. The Morgan fingerprint density at radius 1 is 1.36 bits per heavy atom. The number of aliphatic hydroxyl groups excluding tert-OH is 2. The predicted octanol–water partition coefficient (Wildman–Crippen LogP) is -0.421. The average molecular weight is 457 g/mol. The van der Waals surface area contributed by atoms with Crippen LogP contribution < -0.4 is 11.5 Å². The maximum atomic E-state index is 13.5. The van der Waals surface area contributed by atoms with Crippen molar-refractivity contribution in [2.75, 3.05) is 12.3 Å². The fourth-order valence-corrected chi connectivity index (χ4v) is 4.17. The zero-order chi connectivity index (χ0) is 23.5. The fourth-order valence-electron chi connectivity index (χ4n) is 4.17. The Morgan fingerprint density at radius 3 is 2.88 bits per heavy atom. The van der Waals surface area contributed by atoms with Gasteiger partial charge in [0, 0.05) is 18.9 Å². The Morgan fingerprint density at radius 2 is 2.18 bits per heavy atom. The second-order valence-corrected chi connectivity index (χ2v) is 8.03. The summed E-state index contributed by atoms with van der Waals surface area (Å²) in [7, 11) is 0. The molecule has 0 radical (unpaired) electrons. The molecule has 0 aromatic carbocycles. The number of imidazole rings is 1. The van der Waals surface area contributed by atoms with Gasteiger partial charge in [0.1, 0.15) is 30.1 Å². The summed E-state index contributed by atoms with van der Waals surface area (Å²) in [5, 5.41) is 21.0. The van der Waals surface area contributed by atoms with Gasteiger partial charge in [0.2, 0.25) is 5.91 Å². The number of hydrogen-bond acceptors (Lipinski definition) is 10. The van der Waals surface area contributed by atoms with E-state index in [2.05, 4.69) is 19.9 Å². The highest BCUT2D eigenvalue weighted by Crippen LogP contribution is 2.36. The Balaban J connectivity index is 1.78. The summed E-state index contributed by atoms with van der Waals surface area (Å²) in [5.41, 5.74) is 13.6. The molecule has 0 bridgehead atoms. The van der Waals surface area contributed by atoms with Crippen molar-refractivity contribution < 1.29 is 19.7 Å². The number of rotatable bonds is 8. The monoisotopic (exact) mass is 456 g/mol. The summed E-state index contributed by atoms with van der Waals surface area (Å²) in [5.74, 6) is -0.142. The number of fused-ring (bicyclic) bond motifs is 1. The van der Waals surface area contributed by atoms with Gasteiger partial charge in [0.15, 0.2) is 17.7 Å². The van der Waals surface area contributed by atoms with E-state index in [1.807, 2.05) is 13.0 Å². The second kappa shape index (κ2) is 9.75. The van der Waals surface area contributed by atoms with Gasteiger partial charge >= 0.3 is 0 Å². The first kappa shape index (κ1) is 23.0. The normalized spacial score (nSPS) is 23.6. The molecule has 0 saturated carbocycles. The summed E-state index contributed by atoms with van der Waals surface area (Å²) in [6, 6.07) is 1.96. The molecule has 176 valence electrons. The van der Waals surface area contributed by atoms with Crippen LogP contribution in [0, 0.1) is 0 Å². The van der Waals surface area contributed by atoms with Crippen molar-refractivity contribution in [1.82, 2.24) is 29.4 Å². The molecule has 1 fully saturated rings. The van der Waals surface area contributed by atoms with Gasteiger partial charge in [-0.05, 0) is 18.1 Å². The van der Waals surface area contributed by atoms with E-state index in [0.29, 0.717) is 17.6 Å². The number of nitrogen functional groups attached to an aromatic ring is 1. The highest BCUT2D eigenvalue weighted by atomic mass is 16.5. The van der Waals surface area contributed by atoms with Crippen LogP contribution in [-0.2, 0) is 16.1 Å². The van der Waals surface area contributed by atoms with Crippen molar-refractivity contribution in [2.24, 2.45) is 5.73 Å². The molecule has 2 unspecified atom stereocenters. The molecule has 12 nitrogen and oxygen atoms in total. The number of amides is 1. The standard InChI is InChI=1S/C21H28N8O4/c1-2-4-13(22)20(32)28(8-12-5-3-6-24-7-12)16-17(31)14(9-30)33-21(16)29-11-27-15-18(23)25-10-26-19(15)29/h3,5-7,10-11,13-14,16-17,21,30-31H,2,4,8-9,22H2,1H3,(H2,23,25,26)/t13?,14-,16?,17+,21-/m1/s1. The van der Waals surface area contributed by atoms with Gasteiger partial charge in [-0.15, -0.1) is 0 Å². The van der Waals surface area contributed by atoms with E-state index < -0.39 is 37.1 Å². The van der Waals surface area contributed by atoms with Gasteiger partial charge in [-0.25, -0.2) is 15.0 Å². The van der Waals surface area contributed by atoms with Gasteiger partial charge in [-0.3, -0.25) is 14.3 Å². The molecule has 4 rings (SSSR count). The number of pyridine rings is 1. The first-order valence-electron chi connectivity index (χ1n) is 10.8. The maximum absolute atomic E-state index is 13.5. The van der Waals surface area contributed by atoms with Crippen LogP contribution in [0.5, 0.6) is 0 Å². The largest absolute Gasteiger partial charge is 0.394 e. The average Bonchev–Trinajstić information content (AvgIpc) is 3.39. The van der Waals surface area contributed by atoms with Crippen molar-refractivity contribution in [3.05, 3.63) is 42.7 Å². The third-order valence-electron chi connectivity index (χ3n) is 5.81. The number of ether oxygens (including phenoxy) is 1. The van der Waals surface area contributed by atoms with E-state index in [-0.39, 0.29) is 18.3 Å². The highest BCUT2D eigenvalue weighted by molar-refractivity contribution is 5.83. The van der Waals surface area contributed by atoms with E-state index in [1.54, 1.807) is 23.0 Å². The van der Waals surface area contributed by atoms with E-state index in [9.17, 15) is 15.0 Å². The highest BCUT2D eigenvalue weighted by Gasteiger charge is 2.49. The van der Waals surface area contributed by atoms with Crippen molar-refractivity contribution in [1.29, 1.82) is 0 Å². The molecule has 1 saturated heterocycles. The number of aliphatic hydroxyl groups is 2. The van der Waals surface area contributed by atoms with Crippen LogP contribution in [0.3, 0.4) is 0 Å². The van der Waals surface area contributed by atoms with Crippen LogP contribution in [0.2, 0.25) is 0 Å². The van der Waals surface area contributed by atoms with E-state index in [1.165, 1.54) is 17.6 Å². The minimum absolute atomic E-state index is 0.146. The minimum atomic E-state index is -1.19. The Hall–Kier alpha value is -3.19. The maximum Gasteiger partial charge on any atom is 0.240 e. The van der Waals surface area contributed by atoms with Crippen molar-refractivity contribution >= 4 is 22.9 Å². The quantitative estimate of drug-likeness (QED) is 0.348. The minimum Gasteiger partial charge on any atom is -0.394 e. The molecule has 5 atom stereocenters. The molecule has 4 heterocycles. The van der Waals surface area contributed by atoms with Crippen LogP contribution >= 0.6 is 0 Å².